The molecular formula is C33H30F3N5O3. The van der Waals surface area contributed by atoms with Gasteiger partial charge < -0.3 is 10.6 Å². The lowest BCUT2D eigenvalue weighted by Crippen LogP contribution is -2.55. The van der Waals surface area contributed by atoms with Crippen molar-refractivity contribution in [3.63, 3.8) is 0 Å². The maximum absolute atomic E-state index is 14.2. The summed E-state index contributed by atoms with van der Waals surface area (Å²) < 4.78 is 42.0. The Labute approximate surface area is 252 Å². The molecule has 1 aliphatic heterocycles. The van der Waals surface area contributed by atoms with Crippen molar-refractivity contribution in [2.24, 2.45) is 0 Å². The van der Waals surface area contributed by atoms with Gasteiger partial charge in [-0.05, 0) is 74.9 Å². The molecule has 44 heavy (non-hydrogen) atoms. The summed E-state index contributed by atoms with van der Waals surface area (Å²) in [7, 11) is 0. The number of hydrogen-bond acceptors (Lipinski definition) is 4. The minimum absolute atomic E-state index is 0.232. The molecule has 11 heteroatoms. The van der Waals surface area contributed by atoms with Crippen LogP contribution in [0.25, 0.3) is 5.69 Å². The first-order valence-corrected chi connectivity index (χ1v) is 14.0. The molecule has 0 radical (unpaired) electrons. The number of likely N-dealkylation sites (N-methyl/N-ethyl adjacent to an activating group) is 1. The van der Waals surface area contributed by atoms with E-state index in [-0.39, 0.29) is 18.0 Å². The molecule has 1 aliphatic rings. The van der Waals surface area contributed by atoms with Gasteiger partial charge in [-0.15, -0.1) is 0 Å². The van der Waals surface area contributed by atoms with E-state index in [9.17, 15) is 27.6 Å². The molecule has 2 N–H and O–H groups in total. The quantitative estimate of drug-likeness (QED) is 0.254. The van der Waals surface area contributed by atoms with Gasteiger partial charge >= 0.3 is 6.18 Å². The maximum atomic E-state index is 14.2. The Morgan fingerprint density at radius 2 is 1.73 bits per heavy atom. The number of aryl methyl sites for hydroxylation is 1. The molecule has 2 heterocycles. The van der Waals surface area contributed by atoms with Crippen molar-refractivity contribution in [2.75, 3.05) is 16.8 Å². The average Bonchev–Trinajstić information content (AvgIpc) is 3.34. The van der Waals surface area contributed by atoms with E-state index in [1.807, 2.05) is 30.3 Å². The molecule has 0 saturated heterocycles. The van der Waals surface area contributed by atoms with Crippen molar-refractivity contribution in [3.05, 3.63) is 119 Å². The highest BCUT2D eigenvalue weighted by molar-refractivity contribution is 6.05. The van der Waals surface area contributed by atoms with Crippen molar-refractivity contribution in [2.45, 2.75) is 38.9 Å². The van der Waals surface area contributed by atoms with Crippen LogP contribution in [0.4, 0.5) is 24.7 Å². The van der Waals surface area contributed by atoms with Crippen LogP contribution in [0, 0.1) is 6.92 Å². The summed E-state index contributed by atoms with van der Waals surface area (Å²) in [6, 6.07) is 19.1. The number of rotatable bonds is 7. The van der Waals surface area contributed by atoms with Crippen LogP contribution in [0.5, 0.6) is 0 Å². The summed E-state index contributed by atoms with van der Waals surface area (Å²) in [5.74, 6) is -1.88. The minimum Gasteiger partial charge on any atom is -0.339 e. The number of carbonyl (C=O) groups is 3. The number of fused-ring (bicyclic) bond motifs is 1. The number of para-hydroxylation sites is 1. The summed E-state index contributed by atoms with van der Waals surface area (Å²) >= 11 is 0. The molecule has 8 nitrogen and oxygen atoms in total. The molecule has 0 spiro atoms. The number of carbonyl (C=O) groups excluding carboxylic acids is 3. The topological polar surface area (TPSA) is 96.3 Å². The second-order valence-electron chi connectivity index (χ2n) is 10.3. The zero-order valence-electron chi connectivity index (χ0n) is 24.2. The van der Waals surface area contributed by atoms with Crippen molar-refractivity contribution >= 4 is 29.2 Å². The van der Waals surface area contributed by atoms with Crippen LogP contribution in [0.3, 0.4) is 0 Å². The van der Waals surface area contributed by atoms with E-state index in [0.29, 0.717) is 28.3 Å². The molecule has 0 bridgehead atoms. The third-order valence-electron chi connectivity index (χ3n) is 7.40. The fourth-order valence-corrected chi connectivity index (χ4v) is 5.50. The lowest BCUT2D eigenvalue weighted by atomic mass is 9.81. The zero-order chi connectivity index (χ0) is 31.6. The molecule has 0 aliphatic carbocycles. The summed E-state index contributed by atoms with van der Waals surface area (Å²) in [5, 5.41) is 10.3. The van der Waals surface area contributed by atoms with E-state index >= 15 is 0 Å². The summed E-state index contributed by atoms with van der Waals surface area (Å²) in [4.78, 5) is 41.6. The van der Waals surface area contributed by atoms with Gasteiger partial charge in [0.05, 0.1) is 16.9 Å². The molecule has 4 aromatic rings. The van der Waals surface area contributed by atoms with Crippen LogP contribution in [-0.4, -0.2) is 40.1 Å². The van der Waals surface area contributed by atoms with E-state index in [2.05, 4.69) is 10.6 Å². The summed E-state index contributed by atoms with van der Waals surface area (Å²) in [6.45, 7) is 5.56. The van der Waals surface area contributed by atoms with E-state index in [1.165, 1.54) is 17.0 Å². The number of anilines is 2. The van der Waals surface area contributed by atoms with Crippen molar-refractivity contribution in [3.8, 4) is 5.69 Å². The highest BCUT2D eigenvalue weighted by Crippen LogP contribution is 2.44. The van der Waals surface area contributed by atoms with Gasteiger partial charge in [0.25, 0.3) is 11.8 Å². The number of nitrogens with zero attached hydrogens (tertiary/aromatic N) is 3. The Kier molecular flexibility index (Phi) is 8.39. The lowest BCUT2D eigenvalue weighted by molar-refractivity contribution is -0.137. The molecule has 0 fully saturated rings. The predicted molar refractivity (Wildman–Crippen MR) is 161 cm³/mol. The van der Waals surface area contributed by atoms with Crippen LogP contribution in [0.2, 0.25) is 0 Å². The van der Waals surface area contributed by atoms with Crippen molar-refractivity contribution < 1.29 is 27.6 Å². The van der Waals surface area contributed by atoms with E-state index in [0.717, 1.165) is 23.9 Å². The van der Waals surface area contributed by atoms with Crippen LogP contribution < -0.4 is 15.5 Å². The van der Waals surface area contributed by atoms with Gasteiger partial charge in [0.15, 0.2) is 0 Å². The highest BCUT2D eigenvalue weighted by atomic mass is 19.4. The predicted octanol–water partition coefficient (Wildman–Crippen LogP) is 6.01. The first-order chi connectivity index (χ1) is 21.0. The second kappa shape index (κ2) is 12.2. The third kappa shape index (κ3) is 5.85. The first kappa shape index (κ1) is 30.3. The molecule has 2 atom stereocenters. The molecule has 0 unspecified atom stereocenters. The van der Waals surface area contributed by atoms with Crippen molar-refractivity contribution in [1.29, 1.82) is 0 Å². The number of halogens is 3. The van der Waals surface area contributed by atoms with Crippen LogP contribution >= 0.6 is 0 Å². The molecule has 1 aromatic heterocycles. The van der Waals surface area contributed by atoms with Gasteiger partial charge in [-0.3, -0.25) is 19.3 Å². The van der Waals surface area contributed by atoms with Gasteiger partial charge in [-0.25, -0.2) is 4.68 Å². The summed E-state index contributed by atoms with van der Waals surface area (Å²) in [5.41, 5.74) is 1.85. The number of benzene rings is 3. The number of alkyl halides is 3. The monoisotopic (exact) mass is 601 g/mol. The van der Waals surface area contributed by atoms with Crippen LogP contribution in [-0.2, 0) is 15.8 Å². The van der Waals surface area contributed by atoms with Crippen LogP contribution in [0.1, 0.15) is 52.5 Å². The number of allylic oxidation sites excluding steroid dienone is 1. The molecule has 226 valence electrons. The van der Waals surface area contributed by atoms with Gasteiger partial charge in [0.1, 0.15) is 11.9 Å². The number of nitrogens with one attached hydrogen (secondary N) is 2. The average molecular weight is 602 g/mol. The first-order valence-electron chi connectivity index (χ1n) is 14.0. The Morgan fingerprint density at radius 1 is 1.00 bits per heavy atom. The number of amides is 3. The zero-order valence-corrected chi connectivity index (χ0v) is 24.2. The minimum atomic E-state index is -4.64. The van der Waals surface area contributed by atoms with Gasteiger partial charge in [0, 0.05) is 29.3 Å². The van der Waals surface area contributed by atoms with E-state index < -0.39 is 35.5 Å². The fourth-order valence-electron chi connectivity index (χ4n) is 5.50. The molecule has 0 saturated carbocycles. The van der Waals surface area contributed by atoms with Gasteiger partial charge in [0.2, 0.25) is 5.91 Å². The molecular weight excluding hydrogens is 571 g/mol. The standard InChI is InChI=1S/C33H30F3N5O3/c1-4-11-26(42)37-24-15-10-12-21(19-24)28-27-20(3)39-41(25-16-7-6-8-17-25)31(27)40(5-2)32(44)29(28)38-30(43)22-13-9-14-23(18-22)33(34,35)36/h4,6-19,28-29H,5H2,1-3H3,(H,37,42)(H,38,43)/b11-4+/t28-,29-/m0/s1. The molecule has 3 aromatic carbocycles. The Hall–Kier alpha value is -5.19. The fraction of sp³-hybridized carbons (Fsp3) is 0.212. The molecule has 5 rings (SSSR count). The maximum Gasteiger partial charge on any atom is 0.416 e. The van der Waals surface area contributed by atoms with E-state index in [4.69, 9.17) is 5.10 Å². The number of hydrogen-bond donors (Lipinski definition) is 2. The number of aromatic nitrogens is 2. The highest BCUT2D eigenvalue weighted by Gasteiger charge is 2.45. The van der Waals surface area contributed by atoms with Crippen molar-refractivity contribution in [1.82, 2.24) is 15.1 Å². The largest absolute Gasteiger partial charge is 0.416 e. The Balaban J connectivity index is 1.66. The van der Waals surface area contributed by atoms with Gasteiger partial charge in [-0.1, -0.05) is 42.5 Å². The normalized spacial score (nSPS) is 16.6. The SMILES string of the molecule is C/C=C/C(=O)Nc1cccc([C@H]2c3c(C)nn(-c4ccccc4)c3N(CC)C(=O)[C@H]2NC(=O)c2cccc(C(F)(F)F)c2)c1. The smallest absolute Gasteiger partial charge is 0.339 e. The Morgan fingerprint density at radius 3 is 2.41 bits per heavy atom. The van der Waals surface area contributed by atoms with E-state index in [1.54, 1.807) is 55.8 Å². The third-order valence-corrected chi connectivity index (χ3v) is 7.40. The lowest BCUT2D eigenvalue weighted by Gasteiger charge is -2.38. The summed E-state index contributed by atoms with van der Waals surface area (Å²) in [6.07, 6.45) is -1.67. The van der Waals surface area contributed by atoms with Crippen LogP contribution in [0.15, 0.2) is 91.0 Å². The molecule has 3 amide bonds. The van der Waals surface area contributed by atoms with Gasteiger partial charge in [-0.2, -0.15) is 18.3 Å². The second-order valence-corrected chi connectivity index (χ2v) is 10.3. The Bertz CT molecular complexity index is 1750.